The van der Waals surface area contributed by atoms with Crippen LogP contribution in [0.25, 0.3) is 0 Å². The van der Waals surface area contributed by atoms with Gasteiger partial charge in [-0.05, 0) is 38.1 Å². The van der Waals surface area contributed by atoms with Crippen LogP contribution >= 0.6 is 34.8 Å². The number of benzene rings is 1. The van der Waals surface area contributed by atoms with Gasteiger partial charge in [0, 0.05) is 17.4 Å². The Morgan fingerprint density at radius 1 is 1.26 bits per heavy atom. The highest BCUT2D eigenvalue weighted by Gasteiger charge is 2.49. The van der Waals surface area contributed by atoms with Crippen molar-refractivity contribution in [3.63, 3.8) is 0 Å². The monoisotopic (exact) mass is 434 g/mol. The number of hydrogen-bond donors (Lipinski definition) is 1. The average Bonchev–Trinajstić information content (AvgIpc) is 3.16. The Hall–Kier alpha value is -1.80. The van der Waals surface area contributed by atoms with Crippen LogP contribution < -0.4 is 4.74 Å². The van der Waals surface area contributed by atoms with E-state index in [4.69, 9.17) is 44.3 Å². The molecule has 27 heavy (non-hydrogen) atoms. The first-order valence-corrected chi connectivity index (χ1v) is 8.96. The average molecular weight is 436 g/mol. The van der Waals surface area contributed by atoms with Crippen molar-refractivity contribution in [2.75, 3.05) is 6.61 Å². The van der Waals surface area contributed by atoms with Crippen molar-refractivity contribution in [1.82, 2.24) is 9.55 Å². The smallest absolute Gasteiger partial charge is 0.361 e. The van der Waals surface area contributed by atoms with Crippen LogP contribution in [0.4, 0.5) is 0 Å². The lowest BCUT2D eigenvalue weighted by atomic mass is 9.86. The van der Waals surface area contributed by atoms with Crippen molar-refractivity contribution in [2.45, 2.75) is 24.6 Å². The van der Waals surface area contributed by atoms with E-state index in [1.807, 2.05) is 0 Å². The maximum Gasteiger partial charge on any atom is 0.361 e. The van der Waals surface area contributed by atoms with Gasteiger partial charge < -0.3 is 14.6 Å². The largest absolute Gasteiger partial charge is 0.463 e. The summed E-state index contributed by atoms with van der Waals surface area (Å²) < 4.78 is 11.6. The van der Waals surface area contributed by atoms with Crippen LogP contribution in [-0.4, -0.2) is 37.9 Å². The number of Topliss-reactive ketones (excluding diaryl/α,β-unsaturated/α-hetero) is 1. The molecule has 7 nitrogen and oxygen atoms in total. The van der Waals surface area contributed by atoms with Gasteiger partial charge in [-0.3, -0.25) is 9.36 Å². The predicted molar refractivity (Wildman–Crippen MR) is 99.7 cm³/mol. The van der Waals surface area contributed by atoms with Crippen LogP contribution in [0.15, 0.2) is 43.0 Å². The number of hydrogen-bond acceptors (Lipinski definition) is 6. The first-order chi connectivity index (χ1) is 12.6. The van der Waals surface area contributed by atoms with Gasteiger partial charge in [-0.1, -0.05) is 34.8 Å². The number of alkyl halides is 2. The molecule has 1 atom stereocenters. The molecule has 1 N–H and O–H groups in total. The Bertz CT molecular complexity index is 793. The van der Waals surface area contributed by atoms with Crippen molar-refractivity contribution >= 4 is 46.6 Å². The number of esters is 1. The minimum atomic E-state index is -2.44. The molecule has 1 unspecified atom stereocenters. The molecule has 0 amide bonds. The minimum absolute atomic E-state index is 0.193. The van der Waals surface area contributed by atoms with E-state index in [1.165, 1.54) is 44.7 Å². The lowest BCUT2D eigenvalue weighted by molar-refractivity contribution is -0.217. The SMILES string of the molecule is CC(C)(COC(=O)C(Cl)Cl)C(=O)C(O)(Oc1ccc(Cl)cc1)n1ccnc1. The lowest BCUT2D eigenvalue weighted by Gasteiger charge is -2.34. The fraction of sp³-hybridized carbons (Fsp3) is 0.353. The first kappa shape index (κ1) is 21.5. The third kappa shape index (κ3) is 5.13. The number of aromatic nitrogens is 2. The molecule has 0 bridgehead atoms. The molecule has 10 heteroatoms. The molecular formula is C17H17Cl3N2O5. The maximum absolute atomic E-state index is 13.1. The van der Waals surface area contributed by atoms with Gasteiger partial charge in [0.15, 0.2) is 0 Å². The second-order valence-electron chi connectivity index (χ2n) is 6.26. The molecule has 1 aromatic carbocycles. The van der Waals surface area contributed by atoms with Gasteiger partial charge in [0.2, 0.25) is 10.6 Å². The van der Waals surface area contributed by atoms with Crippen LogP contribution in [0, 0.1) is 5.41 Å². The van der Waals surface area contributed by atoms with E-state index in [0.717, 1.165) is 4.57 Å². The number of aliphatic hydroxyl groups is 1. The third-order valence-corrected chi connectivity index (χ3v) is 4.20. The van der Waals surface area contributed by atoms with E-state index in [9.17, 15) is 14.7 Å². The second-order valence-corrected chi connectivity index (χ2v) is 7.79. The van der Waals surface area contributed by atoms with Crippen molar-refractivity contribution in [3.8, 4) is 5.75 Å². The zero-order valence-electron chi connectivity index (χ0n) is 14.4. The first-order valence-electron chi connectivity index (χ1n) is 7.71. The molecule has 0 saturated heterocycles. The van der Waals surface area contributed by atoms with Crippen LogP contribution in [0.2, 0.25) is 5.02 Å². The van der Waals surface area contributed by atoms with Gasteiger partial charge in [-0.2, -0.15) is 0 Å². The zero-order valence-corrected chi connectivity index (χ0v) is 16.7. The number of rotatable bonds is 8. The number of imidazole rings is 1. The van der Waals surface area contributed by atoms with E-state index in [0.29, 0.717) is 5.02 Å². The molecule has 0 spiro atoms. The molecule has 0 radical (unpaired) electrons. The summed E-state index contributed by atoms with van der Waals surface area (Å²) in [7, 11) is 0. The Labute approximate surface area is 170 Å². The van der Waals surface area contributed by atoms with Gasteiger partial charge in [0.1, 0.15) is 18.7 Å². The standard InChI is InChI=1S/C17H17Cl3N2O5/c1-16(2,9-26-14(23)13(19)20)15(24)17(25,22-8-7-21-10-22)27-12-5-3-11(18)4-6-12/h3-8,10,13,25H,9H2,1-2H3. The molecule has 146 valence electrons. The van der Waals surface area contributed by atoms with Crippen molar-refractivity contribution < 1.29 is 24.2 Å². The van der Waals surface area contributed by atoms with Crippen LogP contribution in [-0.2, 0) is 20.2 Å². The summed E-state index contributed by atoms with van der Waals surface area (Å²) in [4.78, 5) is 27.1. The highest BCUT2D eigenvalue weighted by Crippen LogP contribution is 2.31. The molecule has 0 fully saturated rings. The number of ketones is 1. The second kappa shape index (κ2) is 8.48. The van der Waals surface area contributed by atoms with Gasteiger partial charge >= 0.3 is 11.9 Å². The van der Waals surface area contributed by atoms with E-state index in [-0.39, 0.29) is 12.4 Å². The summed E-state index contributed by atoms with van der Waals surface area (Å²) in [5.74, 6) is -3.93. The van der Waals surface area contributed by atoms with E-state index < -0.39 is 27.9 Å². The summed E-state index contributed by atoms with van der Waals surface area (Å²) in [6.07, 6.45) is 3.97. The summed E-state index contributed by atoms with van der Waals surface area (Å²) in [5, 5.41) is 11.6. The molecule has 0 aliphatic rings. The number of ether oxygens (including phenoxy) is 2. The number of nitrogens with zero attached hydrogens (tertiary/aromatic N) is 2. The third-order valence-electron chi connectivity index (χ3n) is 3.59. The van der Waals surface area contributed by atoms with E-state index in [1.54, 1.807) is 12.1 Å². The molecule has 0 aliphatic carbocycles. The fourth-order valence-corrected chi connectivity index (χ4v) is 2.39. The Morgan fingerprint density at radius 3 is 2.41 bits per heavy atom. The summed E-state index contributed by atoms with van der Waals surface area (Å²) in [6.45, 7) is 2.59. The molecule has 2 aromatic rings. The van der Waals surface area contributed by atoms with Crippen molar-refractivity contribution in [2.24, 2.45) is 5.41 Å². The summed E-state index contributed by atoms with van der Waals surface area (Å²) >= 11 is 16.7. The molecule has 0 aliphatic heterocycles. The lowest BCUT2D eigenvalue weighted by Crippen LogP contribution is -2.53. The number of halogens is 3. The van der Waals surface area contributed by atoms with Gasteiger partial charge in [-0.15, -0.1) is 0 Å². The Morgan fingerprint density at radius 2 is 1.89 bits per heavy atom. The van der Waals surface area contributed by atoms with Crippen LogP contribution in [0.1, 0.15) is 13.8 Å². The molecule has 2 rings (SSSR count). The minimum Gasteiger partial charge on any atom is -0.463 e. The van der Waals surface area contributed by atoms with E-state index >= 15 is 0 Å². The molecule has 1 heterocycles. The predicted octanol–water partition coefficient (Wildman–Crippen LogP) is 3.16. The quantitative estimate of drug-likeness (QED) is 0.389. The van der Waals surface area contributed by atoms with Crippen molar-refractivity contribution in [1.29, 1.82) is 0 Å². The topological polar surface area (TPSA) is 90.7 Å². The van der Waals surface area contributed by atoms with Crippen LogP contribution in [0.5, 0.6) is 5.75 Å². The Balaban J connectivity index is 2.31. The Kier molecular flexibility index (Phi) is 6.75. The molecule has 0 saturated carbocycles. The highest BCUT2D eigenvalue weighted by molar-refractivity contribution is 6.52. The normalized spacial score (nSPS) is 13.9. The maximum atomic E-state index is 13.1. The van der Waals surface area contributed by atoms with Gasteiger partial charge in [0.05, 0.1) is 5.41 Å². The number of carbonyl (C=O) groups is 2. The zero-order chi connectivity index (χ0) is 20.2. The molecule has 1 aromatic heterocycles. The van der Waals surface area contributed by atoms with Crippen molar-refractivity contribution in [3.05, 3.63) is 48.0 Å². The van der Waals surface area contributed by atoms with Gasteiger partial charge in [0.25, 0.3) is 0 Å². The number of carbonyl (C=O) groups excluding carboxylic acids is 2. The summed E-state index contributed by atoms with van der Waals surface area (Å²) in [6, 6.07) is 6.08. The fourth-order valence-electron chi connectivity index (χ4n) is 2.14. The molecular weight excluding hydrogens is 419 g/mol. The van der Waals surface area contributed by atoms with E-state index in [2.05, 4.69) is 4.98 Å². The van der Waals surface area contributed by atoms with Gasteiger partial charge in [-0.25, -0.2) is 9.78 Å². The van der Waals surface area contributed by atoms with Crippen LogP contribution in [0.3, 0.4) is 0 Å². The summed E-state index contributed by atoms with van der Waals surface area (Å²) in [5.41, 5.74) is -1.34. The highest BCUT2D eigenvalue weighted by atomic mass is 35.5.